The highest BCUT2D eigenvalue weighted by molar-refractivity contribution is 7.17. The lowest BCUT2D eigenvalue weighted by atomic mass is 9.97. The number of thiophene rings is 1. The van der Waals surface area contributed by atoms with E-state index in [9.17, 15) is 4.79 Å². The molecule has 3 heteroatoms. The molecular formula is C25H25NOS. The fourth-order valence-electron chi connectivity index (χ4n) is 4.75. The predicted molar refractivity (Wildman–Crippen MR) is 116 cm³/mol. The average Bonchev–Trinajstić information content (AvgIpc) is 3.36. The summed E-state index contributed by atoms with van der Waals surface area (Å²) in [7, 11) is 0. The van der Waals surface area contributed by atoms with Crippen molar-refractivity contribution in [1.82, 2.24) is 4.98 Å². The van der Waals surface area contributed by atoms with Gasteiger partial charge < -0.3 is 0 Å². The Hall–Kier alpha value is -2.26. The molecule has 2 aliphatic rings. The van der Waals surface area contributed by atoms with Crippen LogP contribution in [0.1, 0.15) is 59.3 Å². The third-order valence-corrected chi connectivity index (χ3v) is 7.53. The van der Waals surface area contributed by atoms with Crippen molar-refractivity contribution in [3.63, 3.8) is 0 Å². The van der Waals surface area contributed by atoms with Gasteiger partial charge in [-0.15, -0.1) is 11.3 Å². The molecule has 0 aliphatic heterocycles. The lowest BCUT2D eigenvalue weighted by molar-refractivity contribution is 0.0966. The van der Waals surface area contributed by atoms with Gasteiger partial charge in [-0.3, -0.25) is 9.78 Å². The maximum absolute atomic E-state index is 12.9. The Labute approximate surface area is 170 Å². The van der Waals surface area contributed by atoms with Gasteiger partial charge in [0.1, 0.15) is 0 Å². The average molecular weight is 388 g/mol. The number of ketones is 1. The second-order valence-electron chi connectivity index (χ2n) is 8.21. The number of aryl methyl sites for hydroxylation is 2. The van der Waals surface area contributed by atoms with Gasteiger partial charge in [-0.1, -0.05) is 43.9 Å². The summed E-state index contributed by atoms with van der Waals surface area (Å²) in [5.74, 6) is 0.966. The maximum atomic E-state index is 12.9. The van der Waals surface area contributed by atoms with Crippen LogP contribution in [0.3, 0.4) is 0 Å². The first kappa shape index (κ1) is 17.8. The summed E-state index contributed by atoms with van der Waals surface area (Å²) in [4.78, 5) is 19.5. The number of carbonyl (C=O) groups excluding carboxylic acids is 1. The number of pyridine rings is 1. The van der Waals surface area contributed by atoms with Crippen molar-refractivity contribution in [2.24, 2.45) is 5.92 Å². The lowest BCUT2D eigenvalue weighted by Gasteiger charge is -2.09. The summed E-state index contributed by atoms with van der Waals surface area (Å²) in [5.41, 5.74) is 6.43. The Bertz CT molecular complexity index is 999. The first-order chi connectivity index (χ1) is 13.8. The third kappa shape index (κ3) is 3.44. The summed E-state index contributed by atoms with van der Waals surface area (Å²) in [6.45, 7) is 0. The van der Waals surface area contributed by atoms with Gasteiger partial charge in [0.15, 0.2) is 5.78 Å². The van der Waals surface area contributed by atoms with E-state index in [2.05, 4.69) is 35.3 Å². The molecule has 0 atom stereocenters. The van der Waals surface area contributed by atoms with Crippen molar-refractivity contribution in [3.05, 3.63) is 64.8 Å². The van der Waals surface area contributed by atoms with Crippen molar-refractivity contribution in [2.45, 2.75) is 51.4 Å². The molecule has 0 radical (unpaired) electrons. The maximum Gasteiger partial charge on any atom is 0.173 e. The molecule has 0 bridgehead atoms. The molecule has 28 heavy (non-hydrogen) atoms. The summed E-state index contributed by atoms with van der Waals surface area (Å²) >= 11 is 1.72. The molecule has 0 saturated heterocycles. The largest absolute Gasteiger partial charge is 0.293 e. The minimum absolute atomic E-state index is 0.356. The number of benzene rings is 1. The molecule has 0 spiro atoms. The zero-order chi connectivity index (χ0) is 18.9. The molecule has 0 N–H and O–H groups in total. The smallest absolute Gasteiger partial charge is 0.173 e. The number of fused-ring (bicyclic) bond motifs is 3. The highest BCUT2D eigenvalue weighted by atomic mass is 32.1. The van der Waals surface area contributed by atoms with Gasteiger partial charge in [0.25, 0.3) is 0 Å². The Kier molecular flexibility index (Phi) is 4.86. The van der Waals surface area contributed by atoms with Crippen LogP contribution in [-0.2, 0) is 12.8 Å². The minimum atomic E-state index is 0.356. The Morgan fingerprint density at radius 1 is 1.00 bits per heavy atom. The van der Waals surface area contributed by atoms with Gasteiger partial charge in [-0.25, -0.2) is 0 Å². The fraction of sp³-hybridized carbons (Fsp3) is 0.360. The Morgan fingerprint density at radius 2 is 1.86 bits per heavy atom. The Morgan fingerprint density at radius 3 is 2.68 bits per heavy atom. The minimum Gasteiger partial charge on any atom is -0.293 e. The second-order valence-corrected chi connectivity index (χ2v) is 9.26. The number of Topliss-reactive ketones (excluding diaryl/α,β-unsaturated/α-hetero) is 1. The molecule has 2 heterocycles. The summed E-state index contributed by atoms with van der Waals surface area (Å²) in [6.07, 6.45) is 12.8. The molecule has 1 saturated carbocycles. The number of rotatable bonds is 4. The zero-order valence-corrected chi connectivity index (χ0v) is 16.9. The Balaban J connectivity index is 1.51. The third-order valence-electron chi connectivity index (χ3n) is 6.27. The number of nitrogens with zero attached hydrogens (tertiary/aromatic N) is 1. The van der Waals surface area contributed by atoms with Crippen molar-refractivity contribution in [2.75, 3.05) is 0 Å². The van der Waals surface area contributed by atoms with Crippen LogP contribution in [0.25, 0.3) is 21.6 Å². The van der Waals surface area contributed by atoms with Crippen LogP contribution >= 0.6 is 11.3 Å². The number of hydrogen-bond acceptors (Lipinski definition) is 3. The van der Waals surface area contributed by atoms with Gasteiger partial charge in [-0.2, -0.15) is 0 Å². The van der Waals surface area contributed by atoms with Crippen molar-refractivity contribution in [3.8, 4) is 21.6 Å². The van der Waals surface area contributed by atoms with Gasteiger partial charge >= 0.3 is 0 Å². The predicted octanol–water partition coefficient (Wildman–Crippen LogP) is 6.73. The normalized spacial score (nSPS) is 16.4. The molecule has 2 nitrogen and oxygen atoms in total. The van der Waals surface area contributed by atoms with E-state index in [0.717, 1.165) is 36.1 Å². The number of aromatic nitrogens is 1. The molecule has 0 amide bonds. The standard InChI is InChI=1S/C25H25NOS/c27-23(13-17-5-1-2-6-17)24-15-20-8-3-7-18-10-11-19(14-22(18)25(20)28-24)21-9-4-12-26-16-21/h4,9-12,14-17H,1-3,5-8,13H2. The van der Waals surface area contributed by atoms with Crippen LogP contribution in [-0.4, -0.2) is 10.8 Å². The molecule has 5 rings (SSSR count). The van der Waals surface area contributed by atoms with E-state index in [4.69, 9.17) is 0 Å². The van der Waals surface area contributed by atoms with E-state index in [1.807, 2.05) is 18.5 Å². The molecule has 2 aromatic heterocycles. The molecule has 2 aliphatic carbocycles. The van der Waals surface area contributed by atoms with Crippen molar-refractivity contribution < 1.29 is 4.79 Å². The van der Waals surface area contributed by atoms with Crippen LogP contribution in [0.2, 0.25) is 0 Å². The van der Waals surface area contributed by atoms with E-state index in [0.29, 0.717) is 11.7 Å². The van der Waals surface area contributed by atoms with Gasteiger partial charge in [0, 0.05) is 29.3 Å². The van der Waals surface area contributed by atoms with E-state index in [1.165, 1.54) is 52.8 Å². The van der Waals surface area contributed by atoms with Crippen LogP contribution in [0.5, 0.6) is 0 Å². The van der Waals surface area contributed by atoms with Gasteiger partial charge in [0.05, 0.1) is 4.88 Å². The van der Waals surface area contributed by atoms with Gasteiger partial charge in [-0.05, 0) is 65.6 Å². The lowest BCUT2D eigenvalue weighted by Crippen LogP contribution is -2.04. The first-order valence-corrected chi connectivity index (χ1v) is 11.3. The quantitative estimate of drug-likeness (QED) is 0.465. The zero-order valence-electron chi connectivity index (χ0n) is 16.1. The van der Waals surface area contributed by atoms with Crippen molar-refractivity contribution >= 4 is 17.1 Å². The topological polar surface area (TPSA) is 30.0 Å². The number of hydrogen-bond donors (Lipinski definition) is 0. The summed E-state index contributed by atoms with van der Waals surface area (Å²) < 4.78 is 0. The highest BCUT2D eigenvalue weighted by Crippen LogP contribution is 2.41. The molecule has 1 fully saturated rings. The second kappa shape index (κ2) is 7.63. The molecule has 1 aromatic carbocycles. The van der Waals surface area contributed by atoms with E-state index < -0.39 is 0 Å². The molecular weight excluding hydrogens is 362 g/mol. The van der Waals surface area contributed by atoms with Crippen LogP contribution in [0.4, 0.5) is 0 Å². The molecule has 0 unspecified atom stereocenters. The van der Waals surface area contributed by atoms with Crippen molar-refractivity contribution in [1.29, 1.82) is 0 Å². The first-order valence-electron chi connectivity index (χ1n) is 10.5. The number of carbonyl (C=O) groups is 1. The highest BCUT2D eigenvalue weighted by Gasteiger charge is 2.24. The molecule has 142 valence electrons. The van der Waals surface area contributed by atoms with Crippen LogP contribution in [0, 0.1) is 5.92 Å². The fourth-order valence-corrected chi connectivity index (χ4v) is 5.96. The van der Waals surface area contributed by atoms with Crippen LogP contribution < -0.4 is 0 Å². The summed E-state index contributed by atoms with van der Waals surface area (Å²) in [5, 5.41) is 0. The summed E-state index contributed by atoms with van der Waals surface area (Å²) in [6, 6.07) is 13.1. The monoisotopic (exact) mass is 387 g/mol. The van der Waals surface area contributed by atoms with E-state index in [1.54, 1.807) is 11.3 Å². The molecule has 3 aromatic rings. The SMILES string of the molecule is O=C(CC1CCCC1)c1cc2c(s1)-c1cc(-c3cccnc3)ccc1CCC2. The van der Waals surface area contributed by atoms with Gasteiger partial charge in [0.2, 0.25) is 0 Å². The van der Waals surface area contributed by atoms with E-state index in [-0.39, 0.29) is 0 Å². The van der Waals surface area contributed by atoms with Crippen LogP contribution in [0.15, 0.2) is 48.8 Å². The van der Waals surface area contributed by atoms with E-state index >= 15 is 0 Å².